The van der Waals surface area contributed by atoms with Crippen LogP contribution >= 0.6 is 0 Å². The van der Waals surface area contributed by atoms with E-state index < -0.39 is 0 Å². The van der Waals surface area contributed by atoms with Crippen LogP contribution < -0.4 is 5.32 Å². The molecular weight excluding hydrogens is 274 g/mol. The van der Waals surface area contributed by atoms with Crippen molar-refractivity contribution in [3.05, 3.63) is 24.3 Å². The summed E-state index contributed by atoms with van der Waals surface area (Å²) >= 11 is 0. The van der Waals surface area contributed by atoms with Crippen LogP contribution in [0.1, 0.15) is 78.1 Å². The maximum atomic E-state index is 11.5. The third-order valence-electron chi connectivity index (χ3n) is 3.57. The molecule has 0 aromatic heterocycles. The summed E-state index contributed by atoms with van der Waals surface area (Å²) in [5.74, 6) is 0.159. The molecule has 0 rings (SSSR count). The van der Waals surface area contributed by atoms with E-state index in [0.717, 1.165) is 32.1 Å². The fourth-order valence-electron chi connectivity index (χ4n) is 2.16. The van der Waals surface area contributed by atoms with Crippen LogP contribution in [0.15, 0.2) is 24.3 Å². The van der Waals surface area contributed by atoms with Crippen LogP contribution in [0.5, 0.6) is 0 Å². The van der Waals surface area contributed by atoms with Gasteiger partial charge in [-0.15, -0.1) is 0 Å². The molecular formula is C19H35NO2. The molecule has 0 saturated heterocycles. The van der Waals surface area contributed by atoms with Gasteiger partial charge in [-0.25, -0.2) is 0 Å². The first-order valence-corrected chi connectivity index (χ1v) is 8.98. The standard InChI is InChI=1S/C19H35NO2/c1-3-5-7-12-16-19(22)20-17-13-9-8-11-15-18(21)14-10-6-4-2/h8-9,11,15,18,21H,3-7,10,12-14,16-17H2,1-2H3,(H,20,22)/b9-8-,15-11+/t18-/m0/s1. The Balaban J connectivity index is 3.51. The third kappa shape index (κ3) is 15.3. The quantitative estimate of drug-likeness (QED) is 0.366. The van der Waals surface area contributed by atoms with Gasteiger partial charge in [0.15, 0.2) is 0 Å². The topological polar surface area (TPSA) is 49.3 Å². The smallest absolute Gasteiger partial charge is 0.220 e. The van der Waals surface area contributed by atoms with E-state index >= 15 is 0 Å². The number of amides is 1. The first-order chi connectivity index (χ1) is 10.7. The number of carbonyl (C=O) groups excluding carboxylic acids is 1. The van der Waals surface area contributed by atoms with E-state index in [1.54, 1.807) is 0 Å². The van der Waals surface area contributed by atoms with Crippen LogP contribution in [-0.2, 0) is 4.79 Å². The Kier molecular flexibility index (Phi) is 15.5. The molecule has 0 saturated carbocycles. The summed E-state index contributed by atoms with van der Waals surface area (Å²) in [7, 11) is 0. The number of carbonyl (C=O) groups is 1. The highest BCUT2D eigenvalue weighted by Gasteiger charge is 1.99. The van der Waals surface area contributed by atoms with Gasteiger partial charge >= 0.3 is 0 Å². The predicted molar refractivity (Wildman–Crippen MR) is 94.8 cm³/mol. The van der Waals surface area contributed by atoms with E-state index in [1.807, 2.05) is 24.3 Å². The Labute approximate surface area is 136 Å². The molecule has 0 unspecified atom stereocenters. The van der Waals surface area contributed by atoms with Crippen molar-refractivity contribution in [3.63, 3.8) is 0 Å². The predicted octanol–water partition coefficient (Wildman–Crippen LogP) is 4.52. The molecule has 0 aliphatic rings. The molecule has 3 heteroatoms. The van der Waals surface area contributed by atoms with Crippen molar-refractivity contribution in [2.24, 2.45) is 0 Å². The summed E-state index contributed by atoms with van der Waals surface area (Å²) in [5, 5.41) is 12.6. The van der Waals surface area contributed by atoms with E-state index in [1.165, 1.54) is 25.7 Å². The molecule has 22 heavy (non-hydrogen) atoms. The lowest BCUT2D eigenvalue weighted by atomic mass is 10.1. The summed E-state index contributed by atoms with van der Waals surface area (Å²) in [6, 6.07) is 0. The van der Waals surface area contributed by atoms with Crippen LogP contribution in [0, 0.1) is 0 Å². The fraction of sp³-hybridized carbons (Fsp3) is 0.737. The number of allylic oxidation sites excluding steroid dienone is 2. The summed E-state index contributed by atoms with van der Waals surface area (Å²) in [5.41, 5.74) is 0. The normalized spacial score (nSPS) is 13.0. The van der Waals surface area contributed by atoms with Gasteiger partial charge in [-0.2, -0.15) is 0 Å². The van der Waals surface area contributed by atoms with Gasteiger partial charge in [0.2, 0.25) is 5.91 Å². The number of unbranched alkanes of at least 4 members (excludes halogenated alkanes) is 5. The van der Waals surface area contributed by atoms with E-state index in [4.69, 9.17) is 0 Å². The van der Waals surface area contributed by atoms with Gasteiger partial charge < -0.3 is 10.4 Å². The molecule has 0 bridgehead atoms. The van der Waals surface area contributed by atoms with E-state index in [2.05, 4.69) is 19.2 Å². The van der Waals surface area contributed by atoms with Gasteiger partial charge in [-0.05, 0) is 19.3 Å². The largest absolute Gasteiger partial charge is 0.389 e. The van der Waals surface area contributed by atoms with Crippen molar-refractivity contribution in [1.29, 1.82) is 0 Å². The summed E-state index contributed by atoms with van der Waals surface area (Å²) in [4.78, 5) is 11.5. The van der Waals surface area contributed by atoms with Crippen LogP contribution in [0.3, 0.4) is 0 Å². The van der Waals surface area contributed by atoms with Crippen LogP contribution in [0.4, 0.5) is 0 Å². The van der Waals surface area contributed by atoms with Gasteiger partial charge in [-0.1, -0.05) is 76.7 Å². The monoisotopic (exact) mass is 309 g/mol. The highest BCUT2D eigenvalue weighted by atomic mass is 16.3. The van der Waals surface area contributed by atoms with Gasteiger partial charge in [0, 0.05) is 13.0 Å². The molecule has 128 valence electrons. The molecule has 3 nitrogen and oxygen atoms in total. The Bertz CT molecular complexity index is 311. The van der Waals surface area contributed by atoms with E-state index in [0.29, 0.717) is 13.0 Å². The van der Waals surface area contributed by atoms with Gasteiger partial charge in [-0.3, -0.25) is 4.79 Å². The second-order valence-electron chi connectivity index (χ2n) is 5.83. The molecule has 0 radical (unpaired) electrons. The molecule has 2 N–H and O–H groups in total. The second-order valence-corrected chi connectivity index (χ2v) is 5.83. The first kappa shape index (κ1) is 20.9. The lowest BCUT2D eigenvalue weighted by molar-refractivity contribution is -0.121. The van der Waals surface area contributed by atoms with Gasteiger partial charge in [0.1, 0.15) is 0 Å². The zero-order valence-electron chi connectivity index (χ0n) is 14.5. The van der Waals surface area contributed by atoms with Crippen molar-refractivity contribution in [2.45, 2.75) is 84.2 Å². The average Bonchev–Trinajstić information content (AvgIpc) is 2.51. The minimum atomic E-state index is -0.334. The molecule has 1 amide bonds. The molecule has 0 fully saturated rings. The van der Waals surface area contributed by atoms with Crippen molar-refractivity contribution in [2.75, 3.05) is 6.54 Å². The SMILES string of the molecule is CCCCCCC(=O)NCC/C=C\C=C\[C@@H](O)CCCCC. The van der Waals surface area contributed by atoms with Crippen molar-refractivity contribution in [3.8, 4) is 0 Å². The molecule has 1 atom stereocenters. The van der Waals surface area contributed by atoms with Crippen molar-refractivity contribution >= 4 is 5.91 Å². The number of hydrogen-bond acceptors (Lipinski definition) is 2. The number of hydrogen-bond donors (Lipinski definition) is 2. The minimum Gasteiger partial charge on any atom is -0.389 e. The average molecular weight is 309 g/mol. The molecule has 0 aliphatic carbocycles. The molecule has 0 heterocycles. The molecule has 0 spiro atoms. The Morgan fingerprint density at radius 2 is 1.77 bits per heavy atom. The molecule has 0 aliphatic heterocycles. The number of nitrogens with one attached hydrogen (secondary N) is 1. The molecule has 0 aromatic carbocycles. The minimum absolute atomic E-state index is 0.159. The lowest BCUT2D eigenvalue weighted by Crippen LogP contribution is -2.23. The second kappa shape index (κ2) is 16.3. The van der Waals surface area contributed by atoms with Crippen molar-refractivity contribution in [1.82, 2.24) is 5.32 Å². The highest BCUT2D eigenvalue weighted by Crippen LogP contribution is 2.04. The molecule has 0 aromatic rings. The highest BCUT2D eigenvalue weighted by molar-refractivity contribution is 5.75. The number of rotatable bonds is 14. The lowest BCUT2D eigenvalue weighted by Gasteiger charge is -2.03. The summed E-state index contributed by atoms with van der Waals surface area (Å²) in [6.07, 6.45) is 17.7. The van der Waals surface area contributed by atoms with Crippen LogP contribution in [0.2, 0.25) is 0 Å². The zero-order chi connectivity index (χ0) is 16.5. The van der Waals surface area contributed by atoms with Crippen LogP contribution in [-0.4, -0.2) is 23.7 Å². The fourth-order valence-corrected chi connectivity index (χ4v) is 2.16. The van der Waals surface area contributed by atoms with Gasteiger partial charge in [0.05, 0.1) is 6.10 Å². The Morgan fingerprint density at radius 3 is 2.50 bits per heavy atom. The summed E-state index contributed by atoms with van der Waals surface area (Å²) in [6.45, 7) is 5.02. The number of aliphatic hydroxyl groups is 1. The Hall–Kier alpha value is -1.09. The number of aliphatic hydroxyl groups excluding tert-OH is 1. The maximum absolute atomic E-state index is 11.5. The van der Waals surface area contributed by atoms with Crippen molar-refractivity contribution < 1.29 is 9.90 Å². The third-order valence-corrected chi connectivity index (χ3v) is 3.57. The van der Waals surface area contributed by atoms with E-state index in [9.17, 15) is 9.90 Å². The Morgan fingerprint density at radius 1 is 1.05 bits per heavy atom. The maximum Gasteiger partial charge on any atom is 0.220 e. The van der Waals surface area contributed by atoms with Crippen LogP contribution in [0.25, 0.3) is 0 Å². The van der Waals surface area contributed by atoms with E-state index in [-0.39, 0.29) is 12.0 Å². The first-order valence-electron chi connectivity index (χ1n) is 8.98. The summed E-state index contributed by atoms with van der Waals surface area (Å²) < 4.78 is 0. The zero-order valence-corrected chi connectivity index (χ0v) is 14.5. The van der Waals surface area contributed by atoms with Gasteiger partial charge in [0.25, 0.3) is 0 Å².